The molecule has 0 unspecified atom stereocenters. The molecular formula is C20H16N4O2. The van der Waals surface area contributed by atoms with E-state index < -0.39 is 12.2 Å². The lowest BCUT2D eigenvalue weighted by Crippen LogP contribution is -2.20. The Labute approximate surface area is 150 Å². The van der Waals surface area contributed by atoms with E-state index in [1.807, 2.05) is 49.5 Å². The van der Waals surface area contributed by atoms with Gasteiger partial charge in [-0.3, -0.25) is 9.67 Å². The summed E-state index contributed by atoms with van der Waals surface area (Å²) in [5.74, 6) is 6.23. The van der Waals surface area contributed by atoms with Gasteiger partial charge in [-0.1, -0.05) is 30.0 Å². The number of cyclic esters (lactones) is 1. The van der Waals surface area contributed by atoms with Crippen molar-refractivity contribution in [1.82, 2.24) is 20.1 Å². The van der Waals surface area contributed by atoms with Gasteiger partial charge < -0.3 is 10.1 Å². The molecule has 26 heavy (non-hydrogen) atoms. The highest BCUT2D eigenvalue weighted by atomic mass is 16.6. The van der Waals surface area contributed by atoms with E-state index in [1.54, 1.807) is 23.3 Å². The molecule has 1 saturated heterocycles. The minimum absolute atomic E-state index is 0.344. The number of nitrogens with zero attached hydrogens (tertiary/aromatic N) is 3. The second-order valence-corrected chi connectivity index (χ2v) is 5.95. The molecular weight excluding hydrogens is 328 g/mol. The Balaban J connectivity index is 1.64. The molecule has 6 heteroatoms. The number of nitrogens with one attached hydrogen (secondary N) is 1. The Morgan fingerprint density at radius 3 is 2.69 bits per heavy atom. The fourth-order valence-corrected chi connectivity index (χ4v) is 2.93. The number of carbonyl (C=O) groups excluding carboxylic acids is 1. The average molecular weight is 344 g/mol. The molecule has 3 aromatic rings. The zero-order valence-electron chi connectivity index (χ0n) is 14.1. The molecule has 2 aromatic heterocycles. The lowest BCUT2D eigenvalue weighted by atomic mass is 10.0. The number of aryl methyl sites for hydroxylation is 1. The Bertz CT molecular complexity index is 1000. The smallest absolute Gasteiger partial charge is 0.408 e. The molecule has 1 fully saturated rings. The molecule has 2 atom stereocenters. The number of carbonyl (C=O) groups is 1. The maximum atomic E-state index is 11.8. The highest BCUT2D eigenvalue weighted by Gasteiger charge is 2.38. The van der Waals surface area contributed by atoms with E-state index >= 15 is 0 Å². The van der Waals surface area contributed by atoms with Crippen molar-refractivity contribution in [2.75, 3.05) is 0 Å². The highest BCUT2D eigenvalue weighted by molar-refractivity contribution is 5.71. The normalized spacial score (nSPS) is 18.6. The van der Waals surface area contributed by atoms with Crippen molar-refractivity contribution in [2.45, 2.75) is 12.1 Å². The lowest BCUT2D eigenvalue weighted by molar-refractivity contribution is 0.127. The van der Waals surface area contributed by atoms with Crippen molar-refractivity contribution in [2.24, 2.45) is 7.05 Å². The first kappa shape index (κ1) is 15.9. The van der Waals surface area contributed by atoms with Crippen LogP contribution < -0.4 is 5.32 Å². The maximum absolute atomic E-state index is 11.8. The lowest BCUT2D eigenvalue weighted by Gasteiger charge is -2.17. The van der Waals surface area contributed by atoms with Crippen LogP contribution in [0.25, 0.3) is 0 Å². The Hall–Kier alpha value is -3.59. The molecule has 1 N–H and O–H groups in total. The van der Waals surface area contributed by atoms with Gasteiger partial charge in [0.05, 0.1) is 5.69 Å². The monoisotopic (exact) mass is 344 g/mol. The van der Waals surface area contributed by atoms with E-state index in [4.69, 9.17) is 4.74 Å². The summed E-state index contributed by atoms with van der Waals surface area (Å²) in [5, 5.41) is 7.00. The number of benzene rings is 1. The fraction of sp³-hybridized carbons (Fsp3) is 0.150. The van der Waals surface area contributed by atoms with Crippen LogP contribution in [0.1, 0.15) is 34.5 Å². The summed E-state index contributed by atoms with van der Waals surface area (Å²) in [4.78, 5) is 16.1. The molecule has 4 rings (SSSR count). The zero-order valence-corrected chi connectivity index (χ0v) is 14.1. The number of amides is 1. The second-order valence-electron chi connectivity index (χ2n) is 5.95. The molecule has 0 saturated carbocycles. The van der Waals surface area contributed by atoms with E-state index in [0.29, 0.717) is 0 Å². The Morgan fingerprint density at radius 1 is 1.12 bits per heavy atom. The molecule has 3 heterocycles. The van der Waals surface area contributed by atoms with Crippen LogP contribution in [0.4, 0.5) is 4.79 Å². The molecule has 0 radical (unpaired) electrons. The maximum Gasteiger partial charge on any atom is 0.408 e. The van der Waals surface area contributed by atoms with Gasteiger partial charge in [0, 0.05) is 36.8 Å². The van der Waals surface area contributed by atoms with Gasteiger partial charge in [-0.25, -0.2) is 4.79 Å². The van der Waals surface area contributed by atoms with Gasteiger partial charge in [0.15, 0.2) is 6.10 Å². The summed E-state index contributed by atoms with van der Waals surface area (Å²) in [5.41, 5.74) is 3.36. The minimum atomic E-state index is -0.464. The third-order valence-corrected chi connectivity index (χ3v) is 4.20. The SMILES string of the molecule is Cn1nccc1[C@H]1OC(=O)N[C@@H]1c1cncc(C#Cc2ccccc2)c1. The van der Waals surface area contributed by atoms with E-state index in [2.05, 4.69) is 27.2 Å². The van der Waals surface area contributed by atoms with Crippen LogP contribution in [0.2, 0.25) is 0 Å². The quantitative estimate of drug-likeness (QED) is 0.726. The van der Waals surface area contributed by atoms with Gasteiger partial charge in [0.1, 0.15) is 6.04 Å². The largest absolute Gasteiger partial charge is 0.437 e. The number of rotatable bonds is 2. The van der Waals surface area contributed by atoms with Crippen LogP contribution in [0.3, 0.4) is 0 Å². The zero-order chi connectivity index (χ0) is 17.9. The number of aromatic nitrogens is 3. The van der Waals surface area contributed by atoms with Crippen LogP contribution in [-0.2, 0) is 11.8 Å². The van der Waals surface area contributed by atoms with Crippen LogP contribution >= 0.6 is 0 Å². The van der Waals surface area contributed by atoms with Gasteiger partial charge in [-0.05, 0) is 29.8 Å². The summed E-state index contributed by atoms with van der Waals surface area (Å²) in [6.07, 6.45) is 4.18. The van der Waals surface area contributed by atoms with Crippen LogP contribution in [0, 0.1) is 11.8 Å². The molecule has 128 valence electrons. The highest BCUT2D eigenvalue weighted by Crippen LogP contribution is 2.36. The van der Waals surface area contributed by atoms with Crippen molar-refractivity contribution >= 4 is 6.09 Å². The molecule has 6 nitrogen and oxygen atoms in total. The van der Waals surface area contributed by atoms with Gasteiger partial charge in [-0.2, -0.15) is 5.10 Å². The van der Waals surface area contributed by atoms with Crippen LogP contribution in [-0.4, -0.2) is 20.9 Å². The topological polar surface area (TPSA) is 69.0 Å². The number of hydrogen-bond acceptors (Lipinski definition) is 4. The number of pyridine rings is 1. The van der Waals surface area contributed by atoms with Crippen molar-refractivity contribution < 1.29 is 9.53 Å². The van der Waals surface area contributed by atoms with Gasteiger partial charge in [0.25, 0.3) is 0 Å². The minimum Gasteiger partial charge on any atom is -0.437 e. The van der Waals surface area contributed by atoms with Crippen molar-refractivity contribution in [3.8, 4) is 11.8 Å². The van der Waals surface area contributed by atoms with Gasteiger partial charge in [-0.15, -0.1) is 0 Å². The first-order valence-electron chi connectivity index (χ1n) is 8.18. The second kappa shape index (κ2) is 6.73. The summed E-state index contributed by atoms with van der Waals surface area (Å²) in [6, 6.07) is 13.2. The third-order valence-electron chi connectivity index (χ3n) is 4.20. The van der Waals surface area contributed by atoms with E-state index in [1.165, 1.54) is 0 Å². The summed E-state index contributed by atoms with van der Waals surface area (Å²) in [7, 11) is 1.82. The standard InChI is InChI=1S/C20H16N4O2/c1-24-17(9-10-22-24)19-18(23-20(25)26-19)16-11-15(12-21-13-16)8-7-14-5-3-2-4-6-14/h2-6,9-13,18-19H,1H3,(H,23,25)/t18-,19-/m1/s1. The van der Waals surface area contributed by atoms with Gasteiger partial charge in [0.2, 0.25) is 0 Å². The predicted molar refractivity (Wildman–Crippen MR) is 95.0 cm³/mol. The fourth-order valence-electron chi connectivity index (χ4n) is 2.93. The molecule has 1 amide bonds. The molecule has 0 aliphatic carbocycles. The summed E-state index contributed by atoms with van der Waals surface area (Å²) in [6.45, 7) is 0. The van der Waals surface area contributed by atoms with Crippen molar-refractivity contribution in [3.05, 3.63) is 83.4 Å². The summed E-state index contributed by atoms with van der Waals surface area (Å²) < 4.78 is 7.15. The van der Waals surface area contributed by atoms with Crippen molar-refractivity contribution in [1.29, 1.82) is 0 Å². The molecule has 1 aliphatic rings. The predicted octanol–water partition coefficient (Wildman–Crippen LogP) is 2.74. The molecule has 1 aromatic carbocycles. The summed E-state index contributed by atoms with van der Waals surface area (Å²) >= 11 is 0. The Morgan fingerprint density at radius 2 is 1.92 bits per heavy atom. The van der Waals surface area contributed by atoms with Crippen LogP contribution in [0.15, 0.2) is 61.1 Å². The molecule has 0 spiro atoms. The van der Waals surface area contributed by atoms with E-state index in [0.717, 1.165) is 22.4 Å². The first-order chi connectivity index (χ1) is 12.7. The molecule has 0 bridgehead atoms. The Kier molecular flexibility index (Phi) is 4.12. The number of alkyl carbamates (subject to hydrolysis) is 1. The first-order valence-corrected chi connectivity index (χ1v) is 8.18. The van der Waals surface area contributed by atoms with Crippen molar-refractivity contribution in [3.63, 3.8) is 0 Å². The number of hydrogen-bond donors (Lipinski definition) is 1. The third kappa shape index (κ3) is 3.15. The molecule has 1 aliphatic heterocycles. The number of ether oxygens (including phenoxy) is 1. The van der Waals surface area contributed by atoms with Crippen LogP contribution in [0.5, 0.6) is 0 Å². The van der Waals surface area contributed by atoms with E-state index in [-0.39, 0.29) is 6.04 Å². The average Bonchev–Trinajstić information content (AvgIpc) is 3.26. The van der Waals surface area contributed by atoms with Gasteiger partial charge >= 0.3 is 6.09 Å². The van der Waals surface area contributed by atoms with E-state index in [9.17, 15) is 4.79 Å².